The number of ether oxygens (including phenoxy) is 1. The Bertz CT molecular complexity index is 551. The molecule has 24 heavy (non-hydrogen) atoms. The molecule has 0 atom stereocenters. The molecular formula is C17H27IN4O2. The molecule has 1 aliphatic heterocycles. The summed E-state index contributed by atoms with van der Waals surface area (Å²) in [5, 5.41) is 6.27. The first kappa shape index (κ1) is 20.7. The predicted molar refractivity (Wildman–Crippen MR) is 108 cm³/mol. The highest BCUT2D eigenvalue weighted by Crippen LogP contribution is 2.26. The van der Waals surface area contributed by atoms with Gasteiger partial charge in [-0.1, -0.05) is 18.2 Å². The van der Waals surface area contributed by atoms with Crippen LogP contribution in [0.3, 0.4) is 0 Å². The smallest absolute Gasteiger partial charge is 0.248 e. The van der Waals surface area contributed by atoms with E-state index in [9.17, 15) is 4.79 Å². The molecule has 6 nitrogen and oxygen atoms in total. The van der Waals surface area contributed by atoms with Crippen molar-refractivity contribution in [3.63, 3.8) is 0 Å². The second-order valence-corrected chi connectivity index (χ2v) is 5.39. The number of nitrogens with one attached hydrogen (secondary N) is 2. The van der Waals surface area contributed by atoms with Gasteiger partial charge in [0.05, 0.1) is 6.61 Å². The van der Waals surface area contributed by atoms with Crippen molar-refractivity contribution in [2.24, 2.45) is 4.99 Å². The molecule has 0 saturated carbocycles. The summed E-state index contributed by atoms with van der Waals surface area (Å²) in [7, 11) is 1.66. The van der Waals surface area contributed by atoms with E-state index in [0.717, 1.165) is 31.6 Å². The number of rotatable bonds is 6. The Morgan fingerprint density at radius 1 is 1.33 bits per heavy atom. The number of amides is 1. The zero-order chi connectivity index (χ0) is 16.5. The van der Waals surface area contributed by atoms with Crippen LogP contribution in [0.15, 0.2) is 29.3 Å². The third kappa shape index (κ3) is 5.94. The number of hydrogen-bond donors (Lipinski definition) is 2. The van der Waals surface area contributed by atoms with E-state index in [2.05, 4.69) is 21.7 Å². The van der Waals surface area contributed by atoms with Gasteiger partial charge in [0.2, 0.25) is 5.91 Å². The van der Waals surface area contributed by atoms with Crippen LogP contribution >= 0.6 is 24.0 Å². The standard InChI is InChI=1S/C17H26N4O2.HI/c1-3-18-17(19-10-12-23-2)20-13-16(22)21-11-6-8-14-7-4-5-9-15(14)21;/h4-5,7,9H,3,6,8,10-13H2,1-2H3,(H2,18,19,20);1H. The van der Waals surface area contributed by atoms with Gasteiger partial charge in [0.1, 0.15) is 6.54 Å². The van der Waals surface area contributed by atoms with Crippen LogP contribution in [0.2, 0.25) is 0 Å². The zero-order valence-electron chi connectivity index (χ0n) is 14.4. The number of methoxy groups -OCH3 is 1. The Morgan fingerprint density at radius 3 is 2.88 bits per heavy atom. The van der Waals surface area contributed by atoms with Crippen molar-refractivity contribution in [2.45, 2.75) is 19.8 Å². The van der Waals surface area contributed by atoms with Crippen molar-refractivity contribution in [1.82, 2.24) is 10.6 Å². The molecule has 7 heteroatoms. The van der Waals surface area contributed by atoms with Crippen LogP contribution in [0.4, 0.5) is 5.69 Å². The fourth-order valence-electron chi connectivity index (χ4n) is 2.64. The maximum absolute atomic E-state index is 12.5. The van der Waals surface area contributed by atoms with Crippen molar-refractivity contribution in [1.29, 1.82) is 0 Å². The lowest BCUT2D eigenvalue weighted by atomic mass is 10.0. The quantitative estimate of drug-likeness (QED) is 0.303. The molecule has 0 aliphatic carbocycles. The topological polar surface area (TPSA) is 66.0 Å². The molecule has 0 bridgehead atoms. The first-order valence-corrected chi connectivity index (χ1v) is 8.15. The van der Waals surface area contributed by atoms with E-state index in [4.69, 9.17) is 4.74 Å². The van der Waals surface area contributed by atoms with Crippen LogP contribution in [0.1, 0.15) is 18.9 Å². The van der Waals surface area contributed by atoms with Gasteiger partial charge in [-0.25, -0.2) is 4.99 Å². The van der Waals surface area contributed by atoms with Crippen LogP contribution in [0.5, 0.6) is 0 Å². The first-order chi connectivity index (χ1) is 11.3. The Kier molecular flexibility index (Phi) is 9.70. The summed E-state index contributed by atoms with van der Waals surface area (Å²) in [5.74, 6) is 0.671. The number of aliphatic imine (C=N–C) groups is 1. The van der Waals surface area contributed by atoms with E-state index in [0.29, 0.717) is 19.1 Å². The van der Waals surface area contributed by atoms with E-state index in [1.807, 2.05) is 30.0 Å². The SMILES string of the molecule is CCNC(=NCC(=O)N1CCCc2ccccc21)NCCOC.I. The lowest BCUT2D eigenvalue weighted by Crippen LogP contribution is -2.41. The number of hydrogen-bond acceptors (Lipinski definition) is 3. The third-order valence-corrected chi connectivity index (χ3v) is 3.73. The van der Waals surface area contributed by atoms with Gasteiger partial charge in [-0.15, -0.1) is 24.0 Å². The summed E-state index contributed by atoms with van der Waals surface area (Å²) in [6, 6.07) is 8.10. The van der Waals surface area contributed by atoms with Gasteiger partial charge in [-0.05, 0) is 31.4 Å². The molecule has 0 saturated heterocycles. The molecule has 1 aromatic carbocycles. The van der Waals surface area contributed by atoms with Crippen molar-refractivity contribution < 1.29 is 9.53 Å². The van der Waals surface area contributed by atoms with Gasteiger partial charge in [0.15, 0.2) is 5.96 Å². The zero-order valence-corrected chi connectivity index (χ0v) is 16.7. The van der Waals surface area contributed by atoms with Gasteiger partial charge < -0.3 is 20.3 Å². The molecule has 0 radical (unpaired) electrons. The summed E-state index contributed by atoms with van der Waals surface area (Å²) in [6.45, 7) is 4.90. The monoisotopic (exact) mass is 446 g/mol. The van der Waals surface area contributed by atoms with Crippen molar-refractivity contribution in [3.05, 3.63) is 29.8 Å². The lowest BCUT2D eigenvalue weighted by molar-refractivity contribution is -0.117. The Morgan fingerprint density at radius 2 is 2.12 bits per heavy atom. The molecule has 134 valence electrons. The number of carbonyl (C=O) groups is 1. The molecule has 0 aromatic heterocycles. The average Bonchev–Trinajstić information content (AvgIpc) is 2.59. The largest absolute Gasteiger partial charge is 0.383 e. The number of carbonyl (C=O) groups excluding carboxylic acids is 1. The average molecular weight is 446 g/mol. The molecular weight excluding hydrogens is 419 g/mol. The highest BCUT2D eigenvalue weighted by molar-refractivity contribution is 14.0. The number of nitrogens with zero attached hydrogens (tertiary/aromatic N) is 2. The molecule has 0 fully saturated rings. The third-order valence-electron chi connectivity index (χ3n) is 3.73. The number of halogens is 1. The Labute approximate surface area is 161 Å². The van der Waals surface area contributed by atoms with Gasteiger partial charge in [0, 0.05) is 32.4 Å². The van der Waals surface area contributed by atoms with E-state index >= 15 is 0 Å². The van der Waals surface area contributed by atoms with E-state index in [1.165, 1.54) is 5.56 Å². The second kappa shape index (κ2) is 11.2. The van der Waals surface area contributed by atoms with E-state index in [1.54, 1.807) is 7.11 Å². The number of anilines is 1. The maximum Gasteiger partial charge on any atom is 0.248 e. The van der Waals surface area contributed by atoms with Gasteiger partial charge >= 0.3 is 0 Å². The van der Waals surface area contributed by atoms with Crippen molar-refractivity contribution in [2.75, 3.05) is 44.8 Å². The van der Waals surface area contributed by atoms with Crippen LogP contribution in [0, 0.1) is 0 Å². The number of para-hydroxylation sites is 1. The first-order valence-electron chi connectivity index (χ1n) is 8.15. The lowest BCUT2D eigenvalue weighted by Gasteiger charge is -2.29. The van der Waals surface area contributed by atoms with Crippen molar-refractivity contribution in [3.8, 4) is 0 Å². The molecule has 1 amide bonds. The Hall–Kier alpha value is -1.35. The van der Waals surface area contributed by atoms with Gasteiger partial charge in [0.25, 0.3) is 0 Å². The molecule has 2 rings (SSSR count). The van der Waals surface area contributed by atoms with Crippen molar-refractivity contribution >= 4 is 41.5 Å². The van der Waals surface area contributed by atoms with Crippen LogP contribution < -0.4 is 15.5 Å². The molecule has 1 aromatic rings. The summed E-state index contributed by atoms with van der Waals surface area (Å²) in [4.78, 5) is 18.8. The minimum atomic E-state index is 0. The number of aryl methyl sites for hydroxylation is 1. The fourth-order valence-corrected chi connectivity index (χ4v) is 2.64. The van der Waals surface area contributed by atoms with Crippen LogP contribution in [-0.2, 0) is 16.0 Å². The summed E-state index contributed by atoms with van der Waals surface area (Å²) in [5.41, 5.74) is 2.26. The highest BCUT2D eigenvalue weighted by Gasteiger charge is 2.21. The second-order valence-electron chi connectivity index (χ2n) is 5.39. The van der Waals surface area contributed by atoms with E-state index < -0.39 is 0 Å². The number of benzene rings is 1. The number of fused-ring (bicyclic) bond motifs is 1. The van der Waals surface area contributed by atoms with Crippen LogP contribution in [-0.4, -0.2) is 51.8 Å². The molecule has 0 spiro atoms. The normalized spacial score (nSPS) is 13.8. The van der Waals surface area contributed by atoms with E-state index in [-0.39, 0.29) is 36.4 Å². The maximum atomic E-state index is 12.5. The predicted octanol–water partition coefficient (Wildman–Crippen LogP) is 1.79. The fraction of sp³-hybridized carbons (Fsp3) is 0.529. The Balaban J connectivity index is 0.00000288. The summed E-state index contributed by atoms with van der Waals surface area (Å²) < 4.78 is 5.01. The summed E-state index contributed by atoms with van der Waals surface area (Å²) >= 11 is 0. The van der Waals surface area contributed by atoms with Gasteiger partial charge in [-0.3, -0.25) is 4.79 Å². The minimum Gasteiger partial charge on any atom is -0.383 e. The van der Waals surface area contributed by atoms with Crippen LogP contribution in [0.25, 0.3) is 0 Å². The highest BCUT2D eigenvalue weighted by atomic mass is 127. The molecule has 2 N–H and O–H groups in total. The van der Waals surface area contributed by atoms with Gasteiger partial charge in [-0.2, -0.15) is 0 Å². The molecule has 0 unspecified atom stereocenters. The number of guanidine groups is 1. The molecule has 1 heterocycles. The minimum absolute atomic E-state index is 0. The molecule has 1 aliphatic rings. The summed E-state index contributed by atoms with van der Waals surface area (Å²) in [6.07, 6.45) is 2.03.